The Hall–Kier alpha value is -1.32. The van der Waals surface area contributed by atoms with Crippen molar-refractivity contribution in [3.8, 4) is 0 Å². The van der Waals surface area contributed by atoms with Crippen LogP contribution in [0.25, 0.3) is 0 Å². The fraction of sp³-hybridized carbons (Fsp3) is 0.786. The quantitative estimate of drug-likeness (QED) is 0.283. The Bertz CT molecular complexity index is 417. The molecule has 0 saturated carbocycles. The van der Waals surface area contributed by atoms with Gasteiger partial charge in [0, 0.05) is 0 Å². The summed E-state index contributed by atoms with van der Waals surface area (Å²) in [6.07, 6.45) is -0.648. The summed E-state index contributed by atoms with van der Waals surface area (Å²) in [7, 11) is 0. The van der Waals surface area contributed by atoms with E-state index in [0.29, 0.717) is 6.42 Å². The predicted molar refractivity (Wildman–Crippen MR) is 89.1 cm³/mol. The Labute approximate surface area is 141 Å². The molecule has 0 aromatic rings. The van der Waals surface area contributed by atoms with E-state index >= 15 is 0 Å². The highest BCUT2D eigenvalue weighted by Gasteiger charge is 2.30. The number of carboxylic acids is 1. The van der Waals surface area contributed by atoms with Crippen molar-refractivity contribution < 1.29 is 24.6 Å². The van der Waals surface area contributed by atoms with Gasteiger partial charge in [0.1, 0.15) is 12.1 Å². The lowest BCUT2D eigenvalue weighted by Gasteiger charge is -2.24. The van der Waals surface area contributed by atoms with Gasteiger partial charge in [0.2, 0.25) is 11.8 Å². The molecule has 0 aromatic carbocycles. The molecule has 0 rings (SSSR count). The summed E-state index contributed by atoms with van der Waals surface area (Å²) in [4.78, 5) is 35.2. The van der Waals surface area contributed by atoms with Crippen LogP contribution in [0.5, 0.6) is 0 Å². The molecule has 0 spiro atoms. The Kier molecular flexibility index (Phi) is 9.85. The van der Waals surface area contributed by atoms with Gasteiger partial charge < -0.3 is 26.6 Å². The second-order valence-corrected chi connectivity index (χ2v) is 6.32. The van der Waals surface area contributed by atoms with Gasteiger partial charge in [0.25, 0.3) is 0 Å². The van der Waals surface area contributed by atoms with Crippen molar-refractivity contribution in [1.29, 1.82) is 0 Å². The lowest BCUT2D eigenvalue weighted by molar-refractivity contribution is -0.143. The number of amides is 2. The van der Waals surface area contributed by atoms with Gasteiger partial charge in [0.05, 0.1) is 12.1 Å². The van der Waals surface area contributed by atoms with Gasteiger partial charge in [-0.2, -0.15) is 12.6 Å². The first-order chi connectivity index (χ1) is 10.6. The molecule has 8 nitrogen and oxygen atoms in total. The topological polar surface area (TPSA) is 142 Å². The van der Waals surface area contributed by atoms with Crippen molar-refractivity contribution in [1.82, 2.24) is 10.6 Å². The molecule has 0 bridgehead atoms. The molecule has 4 atom stereocenters. The number of carbonyl (C=O) groups excluding carboxylic acids is 2. The molecule has 0 aromatic heterocycles. The van der Waals surface area contributed by atoms with Crippen LogP contribution >= 0.6 is 12.6 Å². The SMILES string of the molecule is CC(C)C[C@H](N)C(=O)N[C@H](C(=O)N[C@@H](CCS)C(=O)O)[C@@H](C)O. The number of rotatable bonds is 10. The first kappa shape index (κ1) is 21.7. The Morgan fingerprint density at radius 3 is 2.09 bits per heavy atom. The van der Waals surface area contributed by atoms with E-state index in [-0.39, 0.29) is 18.1 Å². The maximum Gasteiger partial charge on any atom is 0.326 e. The van der Waals surface area contributed by atoms with E-state index in [9.17, 15) is 19.5 Å². The monoisotopic (exact) mass is 349 g/mol. The molecule has 0 unspecified atom stereocenters. The third-order valence-corrected chi connectivity index (χ3v) is 3.42. The standard InChI is InChI=1S/C14H27N3O5S/c1-7(2)6-9(15)12(19)17-11(8(3)18)13(20)16-10(4-5-23)14(21)22/h7-11,18,23H,4-6,15H2,1-3H3,(H,16,20)(H,17,19)(H,21,22)/t8-,9+,10+,11+/m1/s1. The molecule has 2 amide bonds. The lowest BCUT2D eigenvalue weighted by atomic mass is 10.0. The number of carboxylic acid groups (broad SMARTS) is 1. The molecule has 0 aliphatic heterocycles. The van der Waals surface area contributed by atoms with E-state index in [1.165, 1.54) is 6.92 Å². The van der Waals surface area contributed by atoms with Gasteiger partial charge in [-0.15, -0.1) is 0 Å². The Balaban J connectivity index is 4.87. The van der Waals surface area contributed by atoms with E-state index in [0.717, 1.165) is 0 Å². The number of thiol groups is 1. The van der Waals surface area contributed by atoms with E-state index in [2.05, 4.69) is 23.3 Å². The fourth-order valence-electron chi connectivity index (χ4n) is 1.93. The van der Waals surface area contributed by atoms with E-state index in [1.54, 1.807) is 0 Å². The molecular weight excluding hydrogens is 322 g/mol. The smallest absolute Gasteiger partial charge is 0.326 e. The normalized spacial score (nSPS) is 16.3. The third-order valence-electron chi connectivity index (χ3n) is 3.16. The average Bonchev–Trinajstić information content (AvgIpc) is 2.42. The van der Waals surface area contributed by atoms with Crippen molar-refractivity contribution in [2.75, 3.05) is 5.75 Å². The number of aliphatic carboxylic acids is 1. The fourth-order valence-corrected chi connectivity index (χ4v) is 2.19. The second-order valence-electron chi connectivity index (χ2n) is 5.87. The number of aliphatic hydroxyl groups is 1. The van der Waals surface area contributed by atoms with Crippen LogP contribution < -0.4 is 16.4 Å². The molecule has 0 saturated heterocycles. The summed E-state index contributed by atoms with van der Waals surface area (Å²) in [5, 5.41) is 23.4. The number of aliphatic hydroxyl groups excluding tert-OH is 1. The van der Waals surface area contributed by atoms with Gasteiger partial charge in [-0.1, -0.05) is 13.8 Å². The highest BCUT2D eigenvalue weighted by Crippen LogP contribution is 2.04. The van der Waals surface area contributed by atoms with Crippen molar-refractivity contribution in [3.05, 3.63) is 0 Å². The van der Waals surface area contributed by atoms with Gasteiger partial charge in [0.15, 0.2) is 0 Å². The highest BCUT2D eigenvalue weighted by atomic mass is 32.1. The van der Waals surface area contributed by atoms with E-state index in [4.69, 9.17) is 10.8 Å². The zero-order valence-corrected chi connectivity index (χ0v) is 14.5. The average molecular weight is 349 g/mol. The van der Waals surface area contributed by atoms with Crippen molar-refractivity contribution in [2.45, 2.75) is 57.8 Å². The van der Waals surface area contributed by atoms with Crippen molar-refractivity contribution >= 4 is 30.4 Å². The molecule has 9 heteroatoms. The van der Waals surface area contributed by atoms with Gasteiger partial charge in [-0.25, -0.2) is 4.79 Å². The molecule has 0 aliphatic rings. The minimum atomic E-state index is -1.28. The first-order valence-electron chi connectivity index (χ1n) is 7.48. The molecule has 0 radical (unpaired) electrons. The highest BCUT2D eigenvalue weighted by molar-refractivity contribution is 7.80. The van der Waals surface area contributed by atoms with Crippen LogP contribution in [0.2, 0.25) is 0 Å². The van der Waals surface area contributed by atoms with Crippen LogP contribution in [-0.4, -0.2) is 58.0 Å². The van der Waals surface area contributed by atoms with Crippen molar-refractivity contribution in [3.63, 3.8) is 0 Å². The molecule has 0 aliphatic carbocycles. The predicted octanol–water partition coefficient (Wildman–Crippen LogP) is -0.885. The molecule has 0 fully saturated rings. The van der Waals surface area contributed by atoms with Crippen LogP contribution in [0.1, 0.15) is 33.6 Å². The van der Waals surface area contributed by atoms with Crippen LogP contribution in [0.4, 0.5) is 0 Å². The Morgan fingerprint density at radius 1 is 1.13 bits per heavy atom. The molecule has 23 heavy (non-hydrogen) atoms. The van der Waals surface area contributed by atoms with Gasteiger partial charge in [-0.05, 0) is 31.4 Å². The van der Waals surface area contributed by atoms with E-state index in [1.807, 2.05) is 13.8 Å². The summed E-state index contributed by atoms with van der Waals surface area (Å²) in [5.74, 6) is -2.09. The van der Waals surface area contributed by atoms with E-state index < -0.39 is 42.0 Å². The first-order valence-corrected chi connectivity index (χ1v) is 8.11. The summed E-state index contributed by atoms with van der Waals surface area (Å²) in [6, 6.07) is -3.22. The lowest BCUT2D eigenvalue weighted by Crippen LogP contribution is -2.58. The number of hydrogen-bond acceptors (Lipinski definition) is 6. The summed E-state index contributed by atoms with van der Waals surface area (Å²) in [5.41, 5.74) is 5.73. The zero-order valence-electron chi connectivity index (χ0n) is 13.7. The second kappa shape index (κ2) is 10.5. The molecular formula is C14H27N3O5S. The van der Waals surface area contributed by atoms with Crippen LogP contribution in [-0.2, 0) is 14.4 Å². The number of hydrogen-bond donors (Lipinski definition) is 6. The number of nitrogens with two attached hydrogens (primary N) is 1. The number of nitrogens with one attached hydrogen (secondary N) is 2. The largest absolute Gasteiger partial charge is 0.480 e. The van der Waals surface area contributed by atoms with Crippen LogP contribution in [0.3, 0.4) is 0 Å². The summed E-state index contributed by atoms with van der Waals surface area (Å²) in [6.45, 7) is 5.13. The van der Waals surface area contributed by atoms with Gasteiger partial charge >= 0.3 is 5.97 Å². The third kappa shape index (κ3) is 8.19. The number of carbonyl (C=O) groups is 3. The van der Waals surface area contributed by atoms with Crippen LogP contribution in [0.15, 0.2) is 0 Å². The summed E-state index contributed by atoms with van der Waals surface area (Å²) >= 11 is 3.93. The Morgan fingerprint density at radius 2 is 1.70 bits per heavy atom. The van der Waals surface area contributed by atoms with Gasteiger partial charge in [-0.3, -0.25) is 9.59 Å². The van der Waals surface area contributed by atoms with Crippen LogP contribution in [0, 0.1) is 5.92 Å². The molecule has 0 heterocycles. The van der Waals surface area contributed by atoms with Crippen molar-refractivity contribution in [2.24, 2.45) is 11.7 Å². The molecule has 134 valence electrons. The maximum atomic E-state index is 12.1. The summed E-state index contributed by atoms with van der Waals surface area (Å²) < 4.78 is 0. The zero-order chi connectivity index (χ0) is 18.2. The maximum absolute atomic E-state index is 12.1. The molecule has 6 N–H and O–H groups in total. The minimum absolute atomic E-state index is 0.123. The minimum Gasteiger partial charge on any atom is -0.480 e.